The molecule has 0 heterocycles. The number of benzene rings is 3. The summed E-state index contributed by atoms with van der Waals surface area (Å²) in [7, 11) is 1.31. The van der Waals surface area contributed by atoms with Crippen molar-refractivity contribution in [3.63, 3.8) is 0 Å². The Morgan fingerprint density at radius 2 is 1.30 bits per heavy atom. The van der Waals surface area contributed by atoms with Crippen LogP contribution >= 0.6 is 0 Å². The van der Waals surface area contributed by atoms with Gasteiger partial charge < -0.3 is 15.4 Å². The maximum Gasteiger partial charge on any atom is 0.337 e. The van der Waals surface area contributed by atoms with Crippen LogP contribution in [0, 0.1) is 0 Å². The first-order valence-electron chi connectivity index (χ1n) is 9.19. The van der Waals surface area contributed by atoms with Gasteiger partial charge in [-0.2, -0.15) is 0 Å². The van der Waals surface area contributed by atoms with E-state index in [-0.39, 0.29) is 11.8 Å². The maximum absolute atomic E-state index is 12.4. The van der Waals surface area contributed by atoms with Crippen molar-refractivity contribution in [2.45, 2.75) is 0 Å². The summed E-state index contributed by atoms with van der Waals surface area (Å²) < 4.78 is 4.64. The maximum atomic E-state index is 12.4. The molecule has 0 aliphatic carbocycles. The predicted molar refractivity (Wildman–Crippen MR) is 116 cm³/mol. The summed E-state index contributed by atoms with van der Waals surface area (Å²) in [5.74, 6) is -1.01. The van der Waals surface area contributed by atoms with Gasteiger partial charge in [0.2, 0.25) is 5.91 Å². The van der Waals surface area contributed by atoms with E-state index in [1.165, 1.54) is 13.2 Å². The number of amides is 2. The number of hydrogen-bond donors (Lipinski definition) is 2. The Kier molecular flexibility index (Phi) is 6.74. The number of nitrogens with one attached hydrogen (secondary N) is 2. The van der Waals surface area contributed by atoms with Crippen molar-refractivity contribution in [3.05, 3.63) is 102 Å². The number of carbonyl (C=O) groups excluding carboxylic acids is 3. The van der Waals surface area contributed by atoms with Crippen molar-refractivity contribution in [2.75, 3.05) is 17.7 Å². The number of carbonyl (C=O) groups is 3. The summed E-state index contributed by atoms with van der Waals surface area (Å²) in [6.45, 7) is 0. The molecule has 6 nitrogen and oxygen atoms in total. The minimum atomic E-state index is -0.441. The zero-order chi connectivity index (χ0) is 21.3. The van der Waals surface area contributed by atoms with Crippen LogP contribution in [-0.4, -0.2) is 24.9 Å². The molecule has 3 aromatic rings. The van der Waals surface area contributed by atoms with Gasteiger partial charge in [0.05, 0.1) is 12.7 Å². The van der Waals surface area contributed by atoms with E-state index in [4.69, 9.17) is 0 Å². The lowest BCUT2D eigenvalue weighted by atomic mass is 10.1. The smallest absolute Gasteiger partial charge is 0.337 e. The summed E-state index contributed by atoms with van der Waals surface area (Å²) in [5.41, 5.74) is 2.90. The topological polar surface area (TPSA) is 84.5 Å². The Morgan fingerprint density at radius 1 is 0.733 bits per heavy atom. The Hall–Kier alpha value is -4.19. The Morgan fingerprint density at radius 3 is 1.90 bits per heavy atom. The third-order valence-electron chi connectivity index (χ3n) is 4.21. The molecule has 6 heteroatoms. The third-order valence-corrected chi connectivity index (χ3v) is 4.21. The lowest BCUT2D eigenvalue weighted by Crippen LogP contribution is -2.13. The number of rotatable bonds is 6. The van der Waals surface area contributed by atoms with Crippen LogP contribution in [-0.2, 0) is 9.53 Å². The SMILES string of the molecule is COC(=O)c1ccc(NC(=O)c2ccc(NC(=O)/C=C/c3ccccc3)cc2)cc1. The minimum absolute atomic E-state index is 0.262. The number of methoxy groups -OCH3 is 1. The van der Waals surface area contributed by atoms with E-state index in [9.17, 15) is 14.4 Å². The summed E-state index contributed by atoms with van der Waals surface area (Å²) in [5, 5.41) is 5.50. The molecule has 0 saturated carbocycles. The van der Waals surface area contributed by atoms with Crippen molar-refractivity contribution in [2.24, 2.45) is 0 Å². The monoisotopic (exact) mass is 400 g/mol. The first-order chi connectivity index (χ1) is 14.5. The second-order valence-electron chi connectivity index (χ2n) is 6.33. The van der Waals surface area contributed by atoms with Gasteiger partial charge in [0.25, 0.3) is 5.91 Å². The molecular weight excluding hydrogens is 380 g/mol. The van der Waals surface area contributed by atoms with E-state index in [2.05, 4.69) is 15.4 Å². The molecule has 0 aromatic heterocycles. The number of esters is 1. The Bertz CT molecular complexity index is 1060. The average Bonchev–Trinajstić information content (AvgIpc) is 2.79. The summed E-state index contributed by atoms with van der Waals surface area (Å²) in [6.07, 6.45) is 3.18. The zero-order valence-electron chi connectivity index (χ0n) is 16.3. The molecule has 0 fully saturated rings. The van der Waals surface area contributed by atoms with Crippen molar-refractivity contribution >= 4 is 35.2 Å². The number of anilines is 2. The molecule has 0 aliphatic rings. The highest BCUT2D eigenvalue weighted by atomic mass is 16.5. The van der Waals surface area contributed by atoms with Crippen LogP contribution in [0.3, 0.4) is 0 Å². The second-order valence-corrected chi connectivity index (χ2v) is 6.33. The standard InChI is InChI=1S/C24H20N2O4/c1-30-24(29)19-10-14-21(15-11-19)26-23(28)18-8-12-20(13-9-18)25-22(27)16-7-17-5-3-2-4-6-17/h2-16H,1H3,(H,25,27)(H,26,28)/b16-7+. The largest absolute Gasteiger partial charge is 0.465 e. The molecule has 0 spiro atoms. The van der Waals surface area contributed by atoms with Gasteiger partial charge in [0.1, 0.15) is 0 Å². The van der Waals surface area contributed by atoms with E-state index in [0.717, 1.165) is 5.56 Å². The fraction of sp³-hybridized carbons (Fsp3) is 0.0417. The van der Waals surface area contributed by atoms with Crippen LogP contribution in [0.15, 0.2) is 84.9 Å². The van der Waals surface area contributed by atoms with E-state index in [1.807, 2.05) is 30.3 Å². The van der Waals surface area contributed by atoms with E-state index < -0.39 is 5.97 Å². The fourth-order valence-electron chi connectivity index (χ4n) is 2.64. The molecule has 30 heavy (non-hydrogen) atoms. The van der Waals surface area contributed by atoms with Gasteiger partial charge in [-0.1, -0.05) is 30.3 Å². The lowest BCUT2D eigenvalue weighted by Gasteiger charge is -2.07. The first-order valence-corrected chi connectivity index (χ1v) is 9.19. The second kappa shape index (κ2) is 9.84. The molecule has 3 aromatic carbocycles. The Balaban J connectivity index is 1.57. The fourth-order valence-corrected chi connectivity index (χ4v) is 2.64. The molecule has 0 radical (unpaired) electrons. The van der Waals surface area contributed by atoms with Crippen molar-refractivity contribution in [1.82, 2.24) is 0 Å². The number of hydrogen-bond acceptors (Lipinski definition) is 4. The van der Waals surface area contributed by atoms with Gasteiger partial charge in [-0.3, -0.25) is 9.59 Å². The average molecular weight is 400 g/mol. The van der Waals surface area contributed by atoms with E-state index in [0.29, 0.717) is 22.5 Å². The van der Waals surface area contributed by atoms with Crippen LogP contribution in [0.1, 0.15) is 26.3 Å². The van der Waals surface area contributed by atoms with Gasteiger partial charge in [0, 0.05) is 23.0 Å². The van der Waals surface area contributed by atoms with Crippen LogP contribution in [0.4, 0.5) is 11.4 Å². The molecule has 150 valence electrons. The normalized spacial score (nSPS) is 10.4. The highest BCUT2D eigenvalue weighted by Gasteiger charge is 2.08. The molecule has 0 saturated heterocycles. The zero-order valence-corrected chi connectivity index (χ0v) is 16.3. The van der Waals surface area contributed by atoms with Crippen LogP contribution < -0.4 is 10.6 Å². The van der Waals surface area contributed by atoms with Crippen molar-refractivity contribution < 1.29 is 19.1 Å². The molecule has 0 bridgehead atoms. The lowest BCUT2D eigenvalue weighted by molar-refractivity contribution is -0.111. The quantitative estimate of drug-likeness (QED) is 0.475. The third kappa shape index (κ3) is 5.65. The van der Waals surface area contributed by atoms with Gasteiger partial charge in [-0.25, -0.2) is 4.79 Å². The highest BCUT2D eigenvalue weighted by molar-refractivity contribution is 6.05. The van der Waals surface area contributed by atoms with Crippen LogP contribution in [0.25, 0.3) is 6.08 Å². The molecular formula is C24H20N2O4. The van der Waals surface area contributed by atoms with Crippen LogP contribution in [0.2, 0.25) is 0 Å². The molecule has 0 unspecified atom stereocenters. The van der Waals surface area contributed by atoms with Crippen molar-refractivity contribution in [1.29, 1.82) is 0 Å². The van der Waals surface area contributed by atoms with Crippen molar-refractivity contribution in [3.8, 4) is 0 Å². The van der Waals surface area contributed by atoms with Gasteiger partial charge in [-0.15, -0.1) is 0 Å². The van der Waals surface area contributed by atoms with E-state index in [1.54, 1.807) is 54.6 Å². The predicted octanol–water partition coefficient (Wildman–Crippen LogP) is 4.38. The van der Waals surface area contributed by atoms with Crippen LogP contribution in [0.5, 0.6) is 0 Å². The Labute approximate surface area is 174 Å². The van der Waals surface area contributed by atoms with E-state index >= 15 is 0 Å². The molecule has 0 atom stereocenters. The molecule has 3 rings (SSSR count). The molecule has 0 aliphatic heterocycles. The van der Waals surface area contributed by atoms with Gasteiger partial charge in [0.15, 0.2) is 0 Å². The molecule has 2 N–H and O–H groups in total. The van der Waals surface area contributed by atoms with Gasteiger partial charge >= 0.3 is 5.97 Å². The first kappa shape index (κ1) is 20.5. The summed E-state index contributed by atoms with van der Waals surface area (Å²) in [6, 6.07) is 22.5. The summed E-state index contributed by atoms with van der Waals surface area (Å²) >= 11 is 0. The molecule has 2 amide bonds. The minimum Gasteiger partial charge on any atom is -0.465 e. The highest BCUT2D eigenvalue weighted by Crippen LogP contribution is 2.14. The van der Waals surface area contributed by atoms with Gasteiger partial charge in [-0.05, 0) is 60.2 Å². The number of ether oxygens (including phenoxy) is 1. The summed E-state index contributed by atoms with van der Waals surface area (Å²) in [4.78, 5) is 35.9.